The standard InChI is InChI=1S/C14H22O3/c1-8-10(12(16)17-7)13(3,4)9(2)11(15)14(8,5)6/h9H,1-7H3. The van der Waals surface area contributed by atoms with Crippen molar-refractivity contribution in [1.29, 1.82) is 0 Å². The monoisotopic (exact) mass is 238 g/mol. The van der Waals surface area contributed by atoms with Gasteiger partial charge in [-0.1, -0.05) is 20.8 Å². The summed E-state index contributed by atoms with van der Waals surface area (Å²) >= 11 is 0. The molecule has 17 heavy (non-hydrogen) atoms. The molecule has 1 unspecified atom stereocenters. The molecule has 0 bridgehead atoms. The zero-order chi connectivity index (χ0) is 13.6. The van der Waals surface area contributed by atoms with Crippen LogP contribution < -0.4 is 0 Å². The smallest absolute Gasteiger partial charge is 0.334 e. The molecule has 0 amide bonds. The molecular formula is C14H22O3. The average molecular weight is 238 g/mol. The van der Waals surface area contributed by atoms with Crippen molar-refractivity contribution in [3.8, 4) is 0 Å². The summed E-state index contributed by atoms with van der Waals surface area (Å²) < 4.78 is 4.86. The zero-order valence-corrected chi connectivity index (χ0v) is 11.8. The quantitative estimate of drug-likeness (QED) is 0.660. The molecule has 1 aliphatic carbocycles. The van der Waals surface area contributed by atoms with Gasteiger partial charge in [0.05, 0.1) is 7.11 Å². The van der Waals surface area contributed by atoms with Gasteiger partial charge < -0.3 is 4.74 Å². The summed E-state index contributed by atoms with van der Waals surface area (Å²) in [5.41, 5.74) is 0.428. The third kappa shape index (κ3) is 1.81. The second-order valence-corrected chi connectivity index (χ2v) is 5.92. The van der Waals surface area contributed by atoms with E-state index in [-0.39, 0.29) is 17.7 Å². The van der Waals surface area contributed by atoms with E-state index < -0.39 is 10.8 Å². The molecule has 3 heteroatoms. The van der Waals surface area contributed by atoms with Crippen LogP contribution in [0.15, 0.2) is 11.1 Å². The minimum atomic E-state index is -0.585. The van der Waals surface area contributed by atoms with Gasteiger partial charge in [-0.25, -0.2) is 4.79 Å². The van der Waals surface area contributed by atoms with E-state index in [2.05, 4.69) is 0 Å². The maximum Gasteiger partial charge on any atom is 0.334 e. The van der Waals surface area contributed by atoms with E-state index in [1.807, 2.05) is 41.5 Å². The van der Waals surface area contributed by atoms with Crippen molar-refractivity contribution in [2.45, 2.75) is 41.5 Å². The predicted molar refractivity (Wildman–Crippen MR) is 66.4 cm³/mol. The van der Waals surface area contributed by atoms with Crippen LogP contribution in [0.4, 0.5) is 0 Å². The molecule has 0 radical (unpaired) electrons. The Morgan fingerprint density at radius 2 is 1.71 bits per heavy atom. The molecule has 0 spiro atoms. The highest BCUT2D eigenvalue weighted by Crippen LogP contribution is 2.49. The summed E-state index contributed by atoms with van der Waals surface area (Å²) in [4.78, 5) is 24.3. The van der Waals surface area contributed by atoms with Crippen molar-refractivity contribution in [2.24, 2.45) is 16.7 Å². The second-order valence-electron chi connectivity index (χ2n) is 5.92. The third-order valence-electron chi connectivity index (χ3n) is 4.44. The number of carbonyl (C=O) groups excluding carboxylic acids is 2. The lowest BCUT2D eigenvalue weighted by atomic mass is 9.57. The van der Waals surface area contributed by atoms with Gasteiger partial charge >= 0.3 is 5.97 Å². The first-order chi connectivity index (χ1) is 7.58. The van der Waals surface area contributed by atoms with E-state index in [1.165, 1.54) is 7.11 Å². The number of esters is 1. The van der Waals surface area contributed by atoms with Crippen LogP contribution in [0, 0.1) is 16.7 Å². The highest BCUT2D eigenvalue weighted by atomic mass is 16.5. The van der Waals surface area contributed by atoms with Gasteiger partial charge in [0, 0.05) is 22.3 Å². The number of hydrogen-bond donors (Lipinski definition) is 0. The topological polar surface area (TPSA) is 43.4 Å². The first kappa shape index (κ1) is 13.9. The van der Waals surface area contributed by atoms with Crippen LogP contribution in [0.1, 0.15) is 41.5 Å². The lowest BCUT2D eigenvalue weighted by Gasteiger charge is -2.44. The number of Topliss-reactive ketones (excluding diaryl/α,β-unsaturated/α-hetero) is 1. The van der Waals surface area contributed by atoms with Crippen LogP contribution >= 0.6 is 0 Å². The molecule has 0 N–H and O–H groups in total. The molecule has 0 saturated carbocycles. The van der Waals surface area contributed by atoms with Gasteiger partial charge in [-0.05, 0) is 26.3 Å². The molecule has 96 valence electrons. The summed E-state index contributed by atoms with van der Waals surface area (Å²) in [6.45, 7) is 11.4. The second kappa shape index (κ2) is 3.97. The Kier molecular flexibility index (Phi) is 3.25. The SMILES string of the molecule is COC(=O)C1=C(C)C(C)(C)C(=O)C(C)C1(C)C. The summed E-state index contributed by atoms with van der Waals surface area (Å²) in [6.07, 6.45) is 0. The van der Waals surface area contributed by atoms with E-state index in [1.54, 1.807) is 0 Å². The van der Waals surface area contributed by atoms with Crippen molar-refractivity contribution in [1.82, 2.24) is 0 Å². The van der Waals surface area contributed by atoms with Gasteiger partial charge in [0.1, 0.15) is 5.78 Å². The zero-order valence-electron chi connectivity index (χ0n) is 11.8. The van der Waals surface area contributed by atoms with Crippen LogP contribution in [0.2, 0.25) is 0 Å². The number of methoxy groups -OCH3 is 1. The molecule has 0 aliphatic heterocycles. The average Bonchev–Trinajstić information content (AvgIpc) is 2.24. The maximum atomic E-state index is 12.3. The van der Waals surface area contributed by atoms with Gasteiger partial charge in [-0.15, -0.1) is 0 Å². The summed E-state index contributed by atoms with van der Waals surface area (Å²) in [5.74, 6) is -0.317. The van der Waals surface area contributed by atoms with Crippen molar-refractivity contribution >= 4 is 11.8 Å². The fourth-order valence-corrected chi connectivity index (χ4v) is 2.58. The predicted octanol–water partition coefficient (Wildman–Crippen LogP) is 2.75. The molecule has 3 nitrogen and oxygen atoms in total. The highest BCUT2D eigenvalue weighted by molar-refractivity contribution is 6.00. The van der Waals surface area contributed by atoms with E-state index >= 15 is 0 Å². The first-order valence-electron chi connectivity index (χ1n) is 5.93. The molecule has 1 aliphatic rings. The van der Waals surface area contributed by atoms with Crippen molar-refractivity contribution in [3.63, 3.8) is 0 Å². The fourth-order valence-electron chi connectivity index (χ4n) is 2.58. The van der Waals surface area contributed by atoms with E-state index in [0.29, 0.717) is 5.57 Å². The Labute approximate surface area is 103 Å². The van der Waals surface area contributed by atoms with E-state index in [4.69, 9.17) is 4.74 Å². The Morgan fingerprint density at radius 1 is 1.24 bits per heavy atom. The minimum Gasteiger partial charge on any atom is -0.466 e. The molecule has 0 saturated heterocycles. The Hall–Kier alpha value is -1.12. The normalized spacial score (nSPS) is 27.0. The number of ketones is 1. The summed E-state index contributed by atoms with van der Waals surface area (Å²) in [6, 6.07) is 0. The van der Waals surface area contributed by atoms with Gasteiger partial charge in [-0.3, -0.25) is 4.79 Å². The van der Waals surface area contributed by atoms with Gasteiger partial charge in [0.15, 0.2) is 0 Å². The molecule has 0 aromatic heterocycles. The van der Waals surface area contributed by atoms with Crippen LogP contribution in [0.3, 0.4) is 0 Å². The molecule has 0 heterocycles. The van der Waals surface area contributed by atoms with Crippen molar-refractivity contribution in [2.75, 3.05) is 7.11 Å². The van der Waals surface area contributed by atoms with Crippen LogP contribution in [-0.4, -0.2) is 18.9 Å². The van der Waals surface area contributed by atoms with Gasteiger partial charge in [-0.2, -0.15) is 0 Å². The van der Waals surface area contributed by atoms with E-state index in [0.717, 1.165) is 5.57 Å². The molecule has 0 aromatic rings. The summed E-state index contributed by atoms with van der Waals surface area (Å²) in [5, 5.41) is 0. The number of allylic oxidation sites excluding steroid dienone is 1. The third-order valence-corrected chi connectivity index (χ3v) is 4.44. The maximum absolute atomic E-state index is 12.3. The van der Waals surface area contributed by atoms with Crippen LogP contribution in [0.25, 0.3) is 0 Å². The van der Waals surface area contributed by atoms with Crippen LogP contribution in [-0.2, 0) is 14.3 Å². The minimum absolute atomic E-state index is 0.185. The first-order valence-corrected chi connectivity index (χ1v) is 5.93. The molecule has 0 aromatic carbocycles. The lowest BCUT2D eigenvalue weighted by molar-refractivity contribution is -0.140. The van der Waals surface area contributed by atoms with Gasteiger partial charge in [0.25, 0.3) is 0 Å². The Bertz CT molecular complexity index is 400. The van der Waals surface area contributed by atoms with E-state index in [9.17, 15) is 9.59 Å². The number of hydrogen-bond acceptors (Lipinski definition) is 3. The lowest BCUT2D eigenvalue weighted by Crippen LogP contribution is -2.47. The molecule has 0 fully saturated rings. The Balaban J connectivity index is 3.54. The molecule has 1 rings (SSSR count). The number of rotatable bonds is 1. The fraction of sp³-hybridized carbons (Fsp3) is 0.714. The van der Waals surface area contributed by atoms with Crippen molar-refractivity contribution < 1.29 is 14.3 Å². The largest absolute Gasteiger partial charge is 0.466 e. The summed E-state index contributed by atoms with van der Waals surface area (Å²) in [7, 11) is 1.38. The van der Waals surface area contributed by atoms with Gasteiger partial charge in [0.2, 0.25) is 0 Å². The highest BCUT2D eigenvalue weighted by Gasteiger charge is 2.50. The molecular weight excluding hydrogens is 216 g/mol. The van der Waals surface area contributed by atoms with Crippen LogP contribution in [0.5, 0.6) is 0 Å². The number of ether oxygens (including phenoxy) is 1. The van der Waals surface area contributed by atoms with Crippen molar-refractivity contribution in [3.05, 3.63) is 11.1 Å². The number of carbonyl (C=O) groups is 2. The molecule has 1 atom stereocenters. The Morgan fingerprint density at radius 3 is 2.12 bits per heavy atom.